The van der Waals surface area contributed by atoms with Crippen LogP contribution in [0, 0.1) is 0 Å². The van der Waals surface area contributed by atoms with E-state index in [2.05, 4.69) is 89.8 Å². The minimum absolute atomic E-state index is 0.497. The summed E-state index contributed by atoms with van der Waals surface area (Å²) in [6.45, 7) is 6.11. The van der Waals surface area contributed by atoms with Crippen LogP contribution in [0.5, 0.6) is 0 Å². The highest BCUT2D eigenvalue weighted by Crippen LogP contribution is 2.36. The van der Waals surface area contributed by atoms with E-state index in [-0.39, 0.29) is 0 Å². The van der Waals surface area contributed by atoms with Crippen LogP contribution in [0.1, 0.15) is 18.4 Å². The molecule has 0 aliphatic rings. The Morgan fingerprint density at radius 1 is 0.643 bits per heavy atom. The molecule has 0 fully saturated rings. The zero-order chi connectivity index (χ0) is 37.6. The van der Waals surface area contributed by atoms with Gasteiger partial charge in [0.05, 0.1) is 26.8 Å². The first-order chi connectivity index (χ1) is 27.6. The van der Waals surface area contributed by atoms with E-state index in [1.54, 1.807) is 17.4 Å². The molecule has 0 bridgehead atoms. The molecule has 10 rings (SSSR count). The molecular weight excluding hydrogens is 709 g/mol. The highest BCUT2D eigenvalue weighted by Gasteiger charge is 2.17. The summed E-state index contributed by atoms with van der Waals surface area (Å²) in [5, 5.41) is 2.37. The third-order valence-electron chi connectivity index (χ3n) is 9.96. The van der Waals surface area contributed by atoms with E-state index in [1.165, 1.54) is 15.5 Å². The van der Waals surface area contributed by atoms with E-state index < -0.39 is 0 Å². The maximum absolute atomic E-state index is 6.47. The van der Waals surface area contributed by atoms with Crippen LogP contribution < -0.4 is 0 Å². The van der Waals surface area contributed by atoms with Crippen molar-refractivity contribution in [1.29, 1.82) is 0 Å². The molecule has 0 saturated carbocycles. The largest absolute Gasteiger partial charge is 0.436 e. The van der Waals surface area contributed by atoms with Crippen molar-refractivity contribution in [3.8, 4) is 39.9 Å². The number of para-hydroxylation sites is 1. The number of hydrogen-bond acceptors (Lipinski definition) is 7. The van der Waals surface area contributed by atoms with Crippen LogP contribution in [-0.4, -0.2) is 29.5 Å². The summed E-state index contributed by atoms with van der Waals surface area (Å²) in [5.41, 5.74) is 13.3. The van der Waals surface area contributed by atoms with Crippen molar-refractivity contribution >= 4 is 65.6 Å². The van der Waals surface area contributed by atoms with Crippen LogP contribution in [0.15, 0.2) is 174 Å². The fraction of sp³-hybridized carbons (Fsp3) is 0.0208. The van der Waals surface area contributed by atoms with Gasteiger partial charge in [-0.1, -0.05) is 104 Å². The van der Waals surface area contributed by atoms with Crippen LogP contribution >= 0.6 is 11.3 Å². The highest BCUT2D eigenvalue weighted by molar-refractivity contribution is 7.16. The van der Waals surface area contributed by atoms with Crippen molar-refractivity contribution < 1.29 is 4.42 Å². The maximum Gasteiger partial charge on any atom is 0.227 e. The SMILES string of the molecule is C=C/C=C(\C=C(/C)c1ccc2c(c1)c1ccccc1n2-c1ccc2scnc2c1)c1nc2ccc(-c3nc(-c4ccccc4)nc(-c4ccccc4)n3)cc2o1. The number of allylic oxidation sites excluding steroid dienone is 5. The molecule has 266 valence electrons. The lowest BCUT2D eigenvalue weighted by Crippen LogP contribution is -2.00. The van der Waals surface area contributed by atoms with Crippen molar-refractivity contribution in [2.75, 3.05) is 0 Å². The molecule has 0 atom stereocenters. The summed E-state index contributed by atoms with van der Waals surface area (Å²) >= 11 is 1.66. The molecule has 0 spiro atoms. The lowest BCUT2D eigenvalue weighted by molar-refractivity contribution is 0.586. The average molecular weight is 741 g/mol. The van der Waals surface area contributed by atoms with E-state index >= 15 is 0 Å². The topological polar surface area (TPSA) is 82.5 Å². The summed E-state index contributed by atoms with van der Waals surface area (Å²) in [6, 6.07) is 47.5. The minimum atomic E-state index is 0.497. The first-order valence-corrected chi connectivity index (χ1v) is 19.1. The molecule has 56 heavy (non-hydrogen) atoms. The smallest absolute Gasteiger partial charge is 0.227 e. The Hall–Kier alpha value is -7.29. The number of thiazole rings is 1. The van der Waals surface area contributed by atoms with Gasteiger partial charge in [-0.25, -0.2) is 24.9 Å². The van der Waals surface area contributed by atoms with Crippen molar-refractivity contribution in [2.24, 2.45) is 0 Å². The van der Waals surface area contributed by atoms with Gasteiger partial charge >= 0.3 is 0 Å². The quantitative estimate of drug-likeness (QED) is 0.144. The molecule has 6 aromatic carbocycles. The van der Waals surface area contributed by atoms with Crippen molar-refractivity contribution in [3.63, 3.8) is 0 Å². The summed E-state index contributed by atoms with van der Waals surface area (Å²) in [4.78, 5) is 24.1. The molecule has 0 saturated heterocycles. The number of rotatable bonds is 8. The van der Waals surface area contributed by atoms with E-state index in [0.29, 0.717) is 28.9 Å². The van der Waals surface area contributed by atoms with Crippen molar-refractivity contribution in [3.05, 3.63) is 181 Å². The molecule has 0 unspecified atom stereocenters. The molecule has 0 amide bonds. The molecule has 4 heterocycles. The Labute approximate surface area is 326 Å². The normalized spacial score (nSPS) is 12.3. The minimum Gasteiger partial charge on any atom is -0.436 e. The van der Waals surface area contributed by atoms with Gasteiger partial charge in [0.1, 0.15) is 5.52 Å². The number of nitrogens with zero attached hydrogens (tertiary/aromatic N) is 6. The third kappa shape index (κ3) is 5.98. The first-order valence-electron chi connectivity index (χ1n) is 18.3. The fourth-order valence-corrected chi connectivity index (χ4v) is 7.89. The summed E-state index contributed by atoms with van der Waals surface area (Å²) < 4.78 is 9.97. The van der Waals surface area contributed by atoms with Gasteiger partial charge in [-0.3, -0.25) is 0 Å². The molecule has 8 heteroatoms. The summed E-state index contributed by atoms with van der Waals surface area (Å²) in [6.07, 6.45) is 5.79. The average Bonchev–Trinajstić information content (AvgIpc) is 3.99. The van der Waals surface area contributed by atoms with Crippen LogP contribution in [0.2, 0.25) is 0 Å². The molecule has 0 aliphatic carbocycles. The van der Waals surface area contributed by atoms with E-state index in [4.69, 9.17) is 24.4 Å². The van der Waals surface area contributed by atoms with Gasteiger partial charge in [0.25, 0.3) is 0 Å². The molecule has 4 aromatic heterocycles. The summed E-state index contributed by atoms with van der Waals surface area (Å²) in [5.74, 6) is 2.25. The fourth-order valence-electron chi connectivity index (χ4n) is 7.23. The van der Waals surface area contributed by atoms with Crippen LogP contribution in [0.3, 0.4) is 0 Å². The van der Waals surface area contributed by atoms with Gasteiger partial charge in [0, 0.05) is 38.7 Å². The second-order valence-corrected chi connectivity index (χ2v) is 14.4. The number of aromatic nitrogens is 6. The lowest BCUT2D eigenvalue weighted by Gasteiger charge is -2.09. The highest BCUT2D eigenvalue weighted by atomic mass is 32.1. The van der Waals surface area contributed by atoms with E-state index in [1.807, 2.05) is 90.4 Å². The van der Waals surface area contributed by atoms with Gasteiger partial charge < -0.3 is 8.98 Å². The maximum atomic E-state index is 6.47. The van der Waals surface area contributed by atoms with Gasteiger partial charge in [0.2, 0.25) is 5.89 Å². The predicted molar refractivity (Wildman–Crippen MR) is 229 cm³/mol. The Morgan fingerprint density at radius 3 is 2.09 bits per heavy atom. The predicted octanol–water partition coefficient (Wildman–Crippen LogP) is 12.4. The number of fused-ring (bicyclic) bond motifs is 5. The van der Waals surface area contributed by atoms with E-state index in [0.717, 1.165) is 61.2 Å². The monoisotopic (exact) mass is 740 g/mol. The number of oxazole rings is 1. The second-order valence-electron chi connectivity index (χ2n) is 13.5. The molecule has 10 aromatic rings. The van der Waals surface area contributed by atoms with Crippen LogP contribution in [-0.2, 0) is 0 Å². The first kappa shape index (κ1) is 33.3. The van der Waals surface area contributed by atoms with Crippen molar-refractivity contribution in [2.45, 2.75) is 6.92 Å². The molecule has 7 nitrogen and oxygen atoms in total. The van der Waals surface area contributed by atoms with Gasteiger partial charge in [0.15, 0.2) is 23.1 Å². The Kier molecular flexibility index (Phi) is 8.23. The Bertz CT molecular complexity index is 3110. The van der Waals surface area contributed by atoms with Crippen LogP contribution in [0.4, 0.5) is 0 Å². The molecule has 0 N–H and O–H groups in total. The van der Waals surface area contributed by atoms with Gasteiger partial charge in [-0.2, -0.15) is 0 Å². The zero-order valence-electron chi connectivity index (χ0n) is 30.3. The number of hydrogen-bond donors (Lipinski definition) is 0. The zero-order valence-corrected chi connectivity index (χ0v) is 31.1. The summed E-state index contributed by atoms with van der Waals surface area (Å²) in [7, 11) is 0. The van der Waals surface area contributed by atoms with Crippen molar-refractivity contribution in [1.82, 2.24) is 29.5 Å². The van der Waals surface area contributed by atoms with Gasteiger partial charge in [-0.15, -0.1) is 11.3 Å². The Balaban J connectivity index is 1.02. The van der Waals surface area contributed by atoms with Gasteiger partial charge in [-0.05, 0) is 78.7 Å². The third-order valence-corrected chi connectivity index (χ3v) is 10.8. The Morgan fingerprint density at radius 2 is 1.34 bits per heavy atom. The van der Waals surface area contributed by atoms with Crippen LogP contribution in [0.25, 0.3) is 94.1 Å². The standard InChI is InChI=1S/C48H32N6OS/c1-3-12-35(25-30(2)33-20-23-42-38(26-33)37-17-10-11-18-41(37)54(42)36-21-24-44-40(28-36)49-29-56-44)48-50-39-22-19-34(27-43(39)55-48)47-52-45(31-13-6-4-7-14-31)51-46(53-47)32-15-8-5-9-16-32/h3-29H,1H2,2H3/b30-25+,35-12+. The molecule has 0 aliphatic heterocycles. The van der Waals surface area contributed by atoms with E-state index in [9.17, 15) is 0 Å². The lowest BCUT2D eigenvalue weighted by atomic mass is 10.0. The second kappa shape index (κ2) is 13.8. The number of benzene rings is 6. The molecular formula is C48H32N6OS. The molecule has 0 radical (unpaired) electrons.